The van der Waals surface area contributed by atoms with E-state index in [4.69, 9.17) is 0 Å². The van der Waals surface area contributed by atoms with Crippen molar-refractivity contribution in [1.29, 1.82) is 0 Å². The Morgan fingerprint density at radius 2 is 2.29 bits per heavy atom. The number of carbonyl (C=O) groups is 1. The van der Waals surface area contributed by atoms with Gasteiger partial charge in [0.2, 0.25) is 0 Å². The molecule has 1 aliphatic carbocycles. The largest absolute Gasteiger partial charge is 0.464 e. The molecular formula is C10H10FNO2. The van der Waals surface area contributed by atoms with Crippen LogP contribution in [-0.4, -0.2) is 18.1 Å². The Labute approximate surface area is 80.9 Å². The van der Waals surface area contributed by atoms with Crippen molar-refractivity contribution in [3.05, 3.63) is 29.3 Å². The topological polar surface area (TPSA) is 39.2 Å². The fraction of sp³-hybridized carbons (Fsp3) is 0.400. The highest BCUT2D eigenvalue weighted by Crippen LogP contribution is 2.40. The molecule has 1 aromatic rings. The van der Waals surface area contributed by atoms with Crippen molar-refractivity contribution in [2.24, 2.45) is 0 Å². The molecule has 0 atom stereocenters. The first-order valence-corrected chi connectivity index (χ1v) is 4.47. The van der Waals surface area contributed by atoms with Crippen molar-refractivity contribution in [3.8, 4) is 0 Å². The van der Waals surface area contributed by atoms with Gasteiger partial charge in [-0.05, 0) is 25.0 Å². The van der Waals surface area contributed by atoms with Crippen LogP contribution < -0.4 is 0 Å². The Balaban J connectivity index is 2.35. The number of methoxy groups -OCH3 is 1. The van der Waals surface area contributed by atoms with E-state index in [0.717, 1.165) is 12.8 Å². The van der Waals surface area contributed by atoms with Gasteiger partial charge in [-0.1, -0.05) is 0 Å². The van der Waals surface area contributed by atoms with E-state index >= 15 is 0 Å². The highest BCUT2D eigenvalue weighted by atomic mass is 19.1. The van der Waals surface area contributed by atoms with Crippen LogP contribution in [0.1, 0.15) is 34.9 Å². The molecule has 1 saturated carbocycles. The lowest BCUT2D eigenvalue weighted by Gasteiger charge is -2.02. The van der Waals surface area contributed by atoms with Crippen molar-refractivity contribution in [3.63, 3.8) is 0 Å². The standard InChI is InChI=1S/C10H10FNO2/c1-14-10(13)8-5-4-7(11)9(12-8)6-2-3-6/h4-6H,2-3H2,1H3. The van der Waals surface area contributed by atoms with Crippen LogP contribution in [0.25, 0.3) is 0 Å². The highest BCUT2D eigenvalue weighted by molar-refractivity contribution is 5.87. The van der Waals surface area contributed by atoms with Gasteiger partial charge >= 0.3 is 5.97 Å². The van der Waals surface area contributed by atoms with Crippen molar-refractivity contribution in [2.75, 3.05) is 7.11 Å². The summed E-state index contributed by atoms with van der Waals surface area (Å²) in [4.78, 5) is 15.1. The van der Waals surface area contributed by atoms with Gasteiger partial charge in [-0.15, -0.1) is 0 Å². The summed E-state index contributed by atoms with van der Waals surface area (Å²) in [7, 11) is 1.28. The van der Waals surface area contributed by atoms with Crippen LogP contribution in [0.3, 0.4) is 0 Å². The minimum atomic E-state index is -0.521. The third kappa shape index (κ3) is 1.60. The Morgan fingerprint density at radius 1 is 1.57 bits per heavy atom. The van der Waals surface area contributed by atoms with Gasteiger partial charge in [-0.3, -0.25) is 0 Å². The van der Waals surface area contributed by atoms with Gasteiger partial charge in [0, 0.05) is 5.92 Å². The summed E-state index contributed by atoms with van der Waals surface area (Å²) >= 11 is 0. The number of halogens is 1. The summed E-state index contributed by atoms with van der Waals surface area (Å²) in [6.07, 6.45) is 1.91. The third-order valence-electron chi connectivity index (χ3n) is 2.23. The molecule has 0 radical (unpaired) electrons. The second kappa shape index (κ2) is 3.36. The predicted octanol–water partition coefficient (Wildman–Crippen LogP) is 1.88. The normalized spacial score (nSPS) is 15.3. The number of carbonyl (C=O) groups excluding carboxylic acids is 1. The van der Waals surface area contributed by atoms with Gasteiger partial charge in [-0.2, -0.15) is 0 Å². The summed E-state index contributed by atoms with van der Waals surface area (Å²) in [5.74, 6) is -0.661. The number of ether oxygens (including phenoxy) is 1. The molecule has 0 N–H and O–H groups in total. The van der Waals surface area contributed by atoms with E-state index in [2.05, 4.69) is 9.72 Å². The van der Waals surface area contributed by atoms with Crippen molar-refractivity contribution in [1.82, 2.24) is 4.98 Å². The summed E-state index contributed by atoms with van der Waals surface area (Å²) in [6, 6.07) is 2.61. The lowest BCUT2D eigenvalue weighted by atomic mass is 10.2. The monoisotopic (exact) mass is 195 g/mol. The lowest BCUT2D eigenvalue weighted by molar-refractivity contribution is 0.0593. The molecular weight excluding hydrogens is 185 g/mol. The zero-order valence-corrected chi connectivity index (χ0v) is 7.79. The van der Waals surface area contributed by atoms with Gasteiger partial charge in [0.25, 0.3) is 0 Å². The molecule has 1 aromatic heterocycles. The molecule has 1 heterocycles. The average molecular weight is 195 g/mol. The van der Waals surface area contributed by atoms with E-state index in [1.165, 1.54) is 19.2 Å². The number of esters is 1. The molecule has 3 nitrogen and oxygen atoms in total. The molecule has 1 fully saturated rings. The maximum absolute atomic E-state index is 13.2. The molecule has 4 heteroatoms. The van der Waals surface area contributed by atoms with E-state index in [1.54, 1.807) is 0 Å². The van der Waals surface area contributed by atoms with Crippen LogP contribution in [0.2, 0.25) is 0 Å². The maximum atomic E-state index is 13.2. The van der Waals surface area contributed by atoms with Crippen molar-refractivity contribution < 1.29 is 13.9 Å². The molecule has 14 heavy (non-hydrogen) atoms. The van der Waals surface area contributed by atoms with Gasteiger partial charge in [-0.25, -0.2) is 14.2 Å². The number of hydrogen-bond donors (Lipinski definition) is 0. The molecule has 0 aliphatic heterocycles. The van der Waals surface area contributed by atoms with Crippen molar-refractivity contribution in [2.45, 2.75) is 18.8 Å². The molecule has 2 rings (SSSR count). The quantitative estimate of drug-likeness (QED) is 0.676. The number of hydrogen-bond acceptors (Lipinski definition) is 3. The molecule has 0 spiro atoms. The third-order valence-corrected chi connectivity index (χ3v) is 2.23. The Hall–Kier alpha value is -1.45. The average Bonchev–Trinajstić information content (AvgIpc) is 3.01. The molecule has 1 aliphatic rings. The minimum Gasteiger partial charge on any atom is -0.464 e. The van der Waals surface area contributed by atoms with Gasteiger partial charge in [0.15, 0.2) is 0 Å². The van der Waals surface area contributed by atoms with E-state index in [9.17, 15) is 9.18 Å². The summed E-state index contributed by atoms with van der Waals surface area (Å²) < 4.78 is 17.7. The first kappa shape index (κ1) is 9.12. The van der Waals surface area contributed by atoms with Crippen LogP contribution in [0.5, 0.6) is 0 Å². The Kier molecular flexibility index (Phi) is 2.19. The minimum absolute atomic E-state index is 0.177. The molecule has 74 valence electrons. The summed E-state index contributed by atoms with van der Waals surface area (Å²) in [5, 5.41) is 0. The zero-order valence-electron chi connectivity index (χ0n) is 7.79. The molecule has 0 bridgehead atoms. The maximum Gasteiger partial charge on any atom is 0.356 e. The van der Waals surface area contributed by atoms with Crippen LogP contribution in [0, 0.1) is 5.82 Å². The van der Waals surface area contributed by atoms with E-state index in [0.29, 0.717) is 5.69 Å². The van der Waals surface area contributed by atoms with Gasteiger partial charge < -0.3 is 4.74 Å². The summed E-state index contributed by atoms with van der Waals surface area (Å²) in [5.41, 5.74) is 0.573. The smallest absolute Gasteiger partial charge is 0.356 e. The fourth-order valence-electron chi connectivity index (χ4n) is 1.32. The number of pyridine rings is 1. The lowest BCUT2D eigenvalue weighted by Crippen LogP contribution is -2.06. The Morgan fingerprint density at radius 3 is 2.86 bits per heavy atom. The number of nitrogens with zero attached hydrogens (tertiary/aromatic N) is 1. The SMILES string of the molecule is COC(=O)c1ccc(F)c(C2CC2)n1. The fourth-order valence-corrected chi connectivity index (χ4v) is 1.32. The molecule has 0 aromatic carbocycles. The van der Waals surface area contributed by atoms with Crippen LogP contribution in [0.15, 0.2) is 12.1 Å². The first-order valence-electron chi connectivity index (χ1n) is 4.47. The first-order chi connectivity index (χ1) is 6.72. The Bertz CT molecular complexity index is 374. The molecule has 0 amide bonds. The molecule has 0 saturated heterocycles. The van der Waals surface area contributed by atoms with E-state index < -0.39 is 5.97 Å². The van der Waals surface area contributed by atoms with Gasteiger partial charge in [0.05, 0.1) is 12.8 Å². The second-order valence-corrected chi connectivity index (χ2v) is 3.33. The van der Waals surface area contributed by atoms with Gasteiger partial charge in [0.1, 0.15) is 11.5 Å². The van der Waals surface area contributed by atoms with Crippen LogP contribution >= 0.6 is 0 Å². The predicted molar refractivity (Wildman–Crippen MR) is 47.5 cm³/mol. The number of rotatable bonds is 2. The van der Waals surface area contributed by atoms with Crippen LogP contribution in [0.4, 0.5) is 4.39 Å². The summed E-state index contributed by atoms with van der Waals surface area (Å²) in [6.45, 7) is 0. The zero-order chi connectivity index (χ0) is 10.1. The second-order valence-electron chi connectivity index (χ2n) is 3.33. The van der Waals surface area contributed by atoms with Crippen LogP contribution in [-0.2, 0) is 4.74 Å². The number of aromatic nitrogens is 1. The highest BCUT2D eigenvalue weighted by Gasteiger charge is 2.28. The van der Waals surface area contributed by atoms with E-state index in [1.807, 2.05) is 0 Å². The van der Waals surface area contributed by atoms with Crippen molar-refractivity contribution >= 4 is 5.97 Å². The molecule has 0 unspecified atom stereocenters. The van der Waals surface area contributed by atoms with E-state index in [-0.39, 0.29) is 17.4 Å².